The predicted octanol–water partition coefficient (Wildman–Crippen LogP) is 4.21. The lowest BCUT2D eigenvalue weighted by Gasteiger charge is -2.28. The first-order chi connectivity index (χ1) is 16.2. The third kappa shape index (κ3) is 5.52. The molecular weight excluding hydrogens is 420 g/mol. The van der Waals surface area contributed by atoms with Gasteiger partial charge in [0, 0.05) is 37.6 Å². The van der Waals surface area contributed by atoms with Gasteiger partial charge in [-0.15, -0.1) is 0 Å². The average molecular weight is 449 g/mol. The molecule has 0 aliphatic carbocycles. The Morgan fingerprint density at radius 1 is 0.939 bits per heavy atom. The molecule has 172 valence electrons. The molecule has 1 fully saturated rings. The number of amides is 1. The van der Waals surface area contributed by atoms with Crippen LogP contribution in [0.1, 0.15) is 35.2 Å². The van der Waals surface area contributed by atoms with Gasteiger partial charge < -0.3 is 24.4 Å². The zero-order valence-corrected chi connectivity index (χ0v) is 18.9. The van der Waals surface area contributed by atoms with Crippen molar-refractivity contribution in [1.29, 1.82) is 0 Å². The molecule has 0 unspecified atom stereocenters. The van der Waals surface area contributed by atoms with E-state index in [1.165, 1.54) is 6.42 Å². The molecule has 0 bridgehead atoms. The molecule has 2 heterocycles. The summed E-state index contributed by atoms with van der Waals surface area (Å²) >= 11 is 0. The van der Waals surface area contributed by atoms with E-state index in [0.717, 1.165) is 37.3 Å². The van der Waals surface area contributed by atoms with Crippen molar-refractivity contribution in [2.45, 2.75) is 25.8 Å². The van der Waals surface area contributed by atoms with Gasteiger partial charge in [0.2, 0.25) is 0 Å². The molecule has 8 nitrogen and oxygen atoms in total. The fourth-order valence-corrected chi connectivity index (χ4v) is 3.77. The fourth-order valence-electron chi connectivity index (χ4n) is 3.77. The minimum Gasteiger partial charge on any atom is -0.493 e. The second-order valence-electron chi connectivity index (χ2n) is 7.73. The van der Waals surface area contributed by atoms with Gasteiger partial charge in [0.05, 0.1) is 14.2 Å². The van der Waals surface area contributed by atoms with Gasteiger partial charge in [-0.2, -0.15) is 0 Å². The van der Waals surface area contributed by atoms with E-state index < -0.39 is 0 Å². The zero-order valence-electron chi connectivity index (χ0n) is 18.9. The number of methoxy groups -OCH3 is 2. The monoisotopic (exact) mass is 448 g/mol. The van der Waals surface area contributed by atoms with Crippen molar-refractivity contribution in [3.63, 3.8) is 0 Å². The Morgan fingerprint density at radius 2 is 1.67 bits per heavy atom. The van der Waals surface area contributed by atoms with Crippen LogP contribution in [0.25, 0.3) is 0 Å². The summed E-state index contributed by atoms with van der Waals surface area (Å²) in [7, 11) is 3.17. The predicted molar refractivity (Wildman–Crippen MR) is 125 cm³/mol. The second-order valence-corrected chi connectivity index (χ2v) is 7.73. The quantitative estimate of drug-likeness (QED) is 0.553. The van der Waals surface area contributed by atoms with Crippen LogP contribution in [0.2, 0.25) is 0 Å². The van der Waals surface area contributed by atoms with Crippen molar-refractivity contribution >= 4 is 11.7 Å². The van der Waals surface area contributed by atoms with Crippen LogP contribution < -0.4 is 24.4 Å². The van der Waals surface area contributed by atoms with E-state index in [1.807, 2.05) is 18.2 Å². The van der Waals surface area contributed by atoms with E-state index in [2.05, 4.69) is 20.2 Å². The Kier molecular flexibility index (Phi) is 7.24. The zero-order chi connectivity index (χ0) is 23.0. The number of nitrogens with one attached hydrogen (secondary N) is 1. The van der Waals surface area contributed by atoms with Crippen molar-refractivity contribution in [1.82, 2.24) is 15.3 Å². The highest BCUT2D eigenvalue weighted by Crippen LogP contribution is 2.30. The Balaban J connectivity index is 1.38. The second kappa shape index (κ2) is 10.7. The number of hydrogen-bond acceptors (Lipinski definition) is 7. The highest BCUT2D eigenvalue weighted by molar-refractivity contribution is 5.94. The number of nitrogens with zero attached hydrogens (tertiary/aromatic N) is 3. The van der Waals surface area contributed by atoms with Crippen molar-refractivity contribution < 1.29 is 19.0 Å². The minimum atomic E-state index is -0.176. The molecule has 1 aromatic heterocycles. The normalized spacial score (nSPS) is 13.3. The summed E-state index contributed by atoms with van der Waals surface area (Å²) < 4.78 is 16.6. The van der Waals surface area contributed by atoms with E-state index in [0.29, 0.717) is 35.2 Å². The molecule has 1 aliphatic heterocycles. The van der Waals surface area contributed by atoms with Gasteiger partial charge in [0.15, 0.2) is 17.3 Å². The Hall–Kier alpha value is -3.81. The molecule has 33 heavy (non-hydrogen) atoms. The third-order valence-corrected chi connectivity index (χ3v) is 5.53. The van der Waals surface area contributed by atoms with E-state index in [4.69, 9.17) is 14.2 Å². The van der Waals surface area contributed by atoms with Gasteiger partial charge in [0.25, 0.3) is 11.8 Å². The molecule has 3 aromatic rings. The van der Waals surface area contributed by atoms with Gasteiger partial charge in [0.1, 0.15) is 5.75 Å². The number of hydrogen-bond donors (Lipinski definition) is 1. The van der Waals surface area contributed by atoms with Crippen molar-refractivity contribution in [2.75, 3.05) is 32.2 Å². The average Bonchev–Trinajstić information content (AvgIpc) is 2.88. The summed E-state index contributed by atoms with van der Waals surface area (Å²) in [5, 5.41) is 2.92. The molecule has 1 amide bonds. The largest absolute Gasteiger partial charge is 0.493 e. The molecule has 0 spiro atoms. The summed E-state index contributed by atoms with van der Waals surface area (Å²) in [6.07, 6.45) is 6.83. The molecule has 2 aromatic carbocycles. The maximum atomic E-state index is 12.6. The van der Waals surface area contributed by atoms with E-state index in [9.17, 15) is 4.79 Å². The van der Waals surface area contributed by atoms with Crippen LogP contribution in [0.4, 0.5) is 5.82 Å². The van der Waals surface area contributed by atoms with Crippen LogP contribution in [0.3, 0.4) is 0 Å². The summed E-state index contributed by atoms with van der Waals surface area (Å²) in [6, 6.07) is 12.5. The lowest BCUT2D eigenvalue weighted by atomic mass is 10.1. The summed E-state index contributed by atoms with van der Waals surface area (Å²) in [5.41, 5.74) is 1.45. The molecule has 0 atom stereocenters. The molecular formula is C25H28N4O4. The van der Waals surface area contributed by atoms with Gasteiger partial charge in [-0.25, -0.2) is 9.97 Å². The topological polar surface area (TPSA) is 85.8 Å². The first-order valence-corrected chi connectivity index (χ1v) is 11.0. The van der Waals surface area contributed by atoms with Crippen molar-refractivity contribution in [3.8, 4) is 23.1 Å². The van der Waals surface area contributed by atoms with Gasteiger partial charge >= 0.3 is 0 Å². The van der Waals surface area contributed by atoms with Crippen LogP contribution in [0.5, 0.6) is 23.1 Å². The number of carbonyl (C=O) groups is 1. The lowest BCUT2D eigenvalue weighted by molar-refractivity contribution is 0.0951. The van der Waals surface area contributed by atoms with E-state index in [-0.39, 0.29) is 5.91 Å². The first-order valence-electron chi connectivity index (χ1n) is 11.0. The van der Waals surface area contributed by atoms with Gasteiger partial charge in [-0.05, 0) is 61.2 Å². The Morgan fingerprint density at radius 3 is 2.39 bits per heavy atom. The molecule has 0 radical (unpaired) electrons. The maximum absolute atomic E-state index is 12.6. The van der Waals surface area contributed by atoms with Crippen LogP contribution in [-0.2, 0) is 6.54 Å². The number of ether oxygens (including phenoxy) is 3. The number of rotatable bonds is 8. The van der Waals surface area contributed by atoms with Crippen LogP contribution >= 0.6 is 0 Å². The molecule has 8 heteroatoms. The Labute approximate surface area is 193 Å². The minimum absolute atomic E-state index is 0.176. The van der Waals surface area contributed by atoms with E-state index >= 15 is 0 Å². The van der Waals surface area contributed by atoms with E-state index in [1.54, 1.807) is 50.9 Å². The lowest BCUT2D eigenvalue weighted by Crippen LogP contribution is -2.30. The number of aromatic nitrogens is 2. The standard InChI is InChI=1S/C25H28N4O4/c1-31-21-11-6-18(16-22(21)32-2)17-28-24(30)19-7-9-20(10-8-19)33-25-23(26-12-13-27-25)29-14-4-3-5-15-29/h6-13,16H,3-5,14-15,17H2,1-2H3,(H,28,30). The number of piperidine rings is 1. The molecule has 1 aliphatic rings. The van der Waals surface area contributed by atoms with Crippen molar-refractivity contribution in [3.05, 3.63) is 66.0 Å². The molecule has 1 N–H and O–H groups in total. The van der Waals surface area contributed by atoms with Crippen LogP contribution in [0.15, 0.2) is 54.9 Å². The van der Waals surface area contributed by atoms with Gasteiger partial charge in [-0.1, -0.05) is 6.07 Å². The van der Waals surface area contributed by atoms with Crippen LogP contribution in [-0.4, -0.2) is 43.2 Å². The van der Waals surface area contributed by atoms with Crippen molar-refractivity contribution in [2.24, 2.45) is 0 Å². The molecule has 0 saturated carbocycles. The number of carbonyl (C=O) groups excluding carboxylic acids is 1. The summed E-state index contributed by atoms with van der Waals surface area (Å²) in [6.45, 7) is 2.28. The maximum Gasteiger partial charge on any atom is 0.263 e. The number of benzene rings is 2. The van der Waals surface area contributed by atoms with Crippen LogP contribution in [0, 0.1) is 0 Å². The molecule has 1 saturated heterocycles. The third-order valence-electron chi connectivity index (χ3n) is 5.53. The van der Waals surface area contributed by atoms with Gasteiger partial charge in [-0.3, -0.25) is 4.79 Å². The Bertz CT molecular complexity index is 1080. The first kappa shape index (κ1) is 22.4. The summed E-state index contributed by atoms with van der Waals surface area (Å²) in [4.78, 5) is 23.6. The number of anilines is 1. The highest BCUT2D eigenvalue weighted by atomic mass is 16.5. The molecule has 4 rings (SSSR count). The SMILES string of the molecule is COc1ccc(CNC(=O)c2ccc(Oc3nccnc3N3CCCCC3)cc2)cc1OC. The fraction of sp³-hybridized carbons (Fsp3) is 0.320. The highest BCUT2D eigenvalue weighted by Gasteiger charge is 2.18. The smallest absolute Gasteiger partial charge is 0.263 e. The summed E-state index contributed by atoms with van der Waals surface area (Å²) in [5.74, 6) is 2.93.